The SMILES string of the molecule is CC(O)CCCNc1nc(C(C)C)ns1. The van der Waals surface area contributed by atoms with Crippen molar-refractivity contribution in [1.82, 2.24) is 9.36 Å². The van der Waals surface area contributed by atoms with E-state index in [1.165, 1.54) is 11.5 Å². The van der Waals surface area contributed by atoms with E-state index in [4.69, 9.17) is 5.11 Å². The van der Waals surface area contributed by atoms with Crippen molar-refractivity contribution < 1.29 is 5.11 Å². The average Bonchev–Trinajstić information content (AvgIpc) is 2.60. The molecule has 0 radical (unpaired) electrons. The van der Waals surface area contributed by atoms with E-state index in [2.05, 4.69) is 28.5 Å². The molecule has 0 saturated heterocycles. The number of aliphatic hydroxyl groups excluding tert-OH is 1. The van der Waals surface area contributed by atoms with Gasteiger partial charge in [0.2, 0.25) is 5.13 Å². The van der Waals surface area contributed by atoms with Crippen molar-refractivity contribution in [3.63, 3.8) is 0 Å². The lowest BCUT2D eigenvalue weighted by Gasteiger charge is -2.04. The standard InChI is InChI=1S/C10H19N3OS/c1-7(2)9-12-10(15-13-9)11-6-4-5-8(3)14/h7-8,14H,4-6H2,1-3H3,(H,11,12,13). The number of anilines is 1. The number of nitrogens with zero attached hydrogens (tertiary/aromatic N) is 2. The molecule has 0 aliphatic heterocycles. The minimum Gasteiger partial charge on any atom is -0.393 e. The van der Waals surface area contributed by atoms with Crippen LogP contribution in [0.4, 0.5) is 5.13 Å². The lowest BCUT2D eigenvalue weighted by Crippen LogP contribution is -2.06. The molecule has 2 N–H and O–H groups in total. The second kappa shape index (κ2) is 6.02. The third-order valence-corrected chi connectivity index (χ3v) is 2.72. The zero-order valence-electron chi connectivity index (χ0n) is 9.53. The highest BCUT2D eigenvalue weighted by Crippen LogP contribution is 2.17. The van der Waals surface area contributed by atoms with Gasteiger partial charge in [0.15, 0.2) is 0 Å². The fourth-order valence-corrected chi connectivity index (χ4v) is 1.87. The molecule has 5 heteroatoms. The van der Waals surface area contributed by atoms with Crippen molar-refractivity contribution in [2.24, 2.45) is 0 Å². The van der Waals surface area contributed by atoms with Gasteiger partial charge in [-0.1, -0.05) is 13.8 Å². The van der Waals surface area contributed by atoms with Gasteiger partial charge in [-0.15, -0.1) is 0 Å². The lowest BCUT2D eigenvalue weighted by atomic mass is 10.2. The van der Waals surface area contributed by atoms with E-state index in [0.29, 0.717) is 5.92 Å². The molecule has 0 amide bonds. The number of hydrogen-bond acceptors (Lipinski definition) is 5. The summed E-state index contributed by atoms with van der Waals surface area (Å²) in [7, 11) is 0. The van der Waals surface area contributed by atoms with Crippen LogP contribution in [0, 0.1) is 0 Å². The minimum atomic E-state index is -0.215. The number of rotatable bonds is 6. The number of nitrogens with one attached hydrogen (secondary N) is 1. The molecule has 0 saturated carbocycles. The van der Waals surface area contributed by atoms with Crippen LogP contribution < -0.4 is 5.32 Å². The van der Waals surface area contributed by atoms with Crippen LogP contribution in [0.15, 0.2) is 0 Å². The first-order chi connectivity index (χ1) is 7.09. The van der Waals surface area contributed by atoms with Gasteiger partial charge in [-0.05, 0) is 19.8 Å². The average molecular weight is 229 g/mol. The van der Waals surface area contributed by atoms with Crippen molar-refractivity contribution >= 4 is 16.7 Å². The molecule has 15 heavy (non-hydrogen) atoms. The number of aromatic nitrogens is 2. The van der Waals surface area contributed by atoms with Crippen LogP contribution in [-0.4, -0.2) is 27.1 Å². The van der Waals surface area contributed by atoms with Crippen LogP contribution in [0.2, 0.25) is 0 Å². The molecule has 4 nitrogen and oxygen atoms in total. The Morgan fingerprint density at radius 1 is 1.40 bits per heavy atom. The van der Waals surface area contributed by atoms with Crippen molar-refractivity contribution in [3.8, 4) is 0 Å². The summed E-state index contributed by atoms with van der Waals surface area (Å²) in [5, 5.41) is 13.2. The van der Waals surface area contributed by atoms with Crippen LogP contribution in [0.5, 0.6) is 0 Å². The van der Waals surface area contributed by atoms with Crippen LogP contribution in [0.1, 0.15) is 45.4 Å². The van der Waals surface area contributed by atoms with Gasteiger partial charge in [0, 0.05) is 24.0 Å². The highest BCUT2D eigenvalue weighted by molar-refractivity contribution is 7.09. The molecule has 1 aromatic heterocycles. The van der Waals surface area contributed by atoms with Gasteiger partial charge in [0.05, 0.1) is 6.10 Å². The molecular formula is C10H19N3OS. The smallest absolute Gasteiger partial charge is 0.202 e. The first kappa shape index (κ1) is 12.4. The Hall–Kier alpha value is -0.680. The summed E-state index contributed by atoms with van der Waals surface area (Å²) in [6, 6.07) is 0. The Kier molecular flexibility index (Phi) is 4.98. The summed E-state index contributed by atoms with van der Waals surface area (Å²) in [6.45, 7) is 6.82. The molecule has 1 heterocycles. The molecule has 1 rings (SSSR count). The van der Waals surface area contributed by atoms with Crippen LogP contribution in [0.3, 0.4) is 0 Å². The fourth-order valence-electron chi connectivity index (χ4n) is 1.13. The summed E-state index contributed by atoms with van der Waals surface area (Å²) >= 11 is 1.40. The van der Waals surface area contributed by atoms with Crippen molar-refractivity contribution in [2.75, 3.05) is 11.9 Å². The predicted molar refractivity (Wildman–Crippen MR) is 63.4 cm³/mol. The Morgan fingerprint density at radius 3 is 2.67 bits per heavy atom. The zero-order valence-corrected chi connectivity index (χ0v) is 10.3. The van der Waals surface area contributed by atoms with Gasteiger partial charge in [-0.2, -0.15) is 4.37 Å². The second-order valence-corrected chi connectivity index (χ2v) is 4.78. The summed E-state index contributed by atoms with van der Waals surface area (Å²) in [5.41, 5.74) is 0. The summed E-state index contributed by atoms with van der Waals surface area (Å²) in [6.07, 6.45) is 1.56. The molecule has 0 aromatic carbocycles. The third-order valence-electron chi connectivity index (χ3n) is 2.03. The van der Waals surface area contributed by atoms with Crippen molar-refractivity contribution in [2.45, 2.75) is 45.6 Å². The highest BCUT2D eigenvalue weighted by atomic mass is 32.1. The molecule has 0 bridgehead atoms. The largest absolute Gasteiger partial charge is 0.393 e. The topological polar surface area (TPSA) is 58.0 Å². The maximum absolute atomic E-state index is 9.07. The van der Waals surface area contributed by atoms with E-state index in [0.717, 1.165) is 30.3 Å². The van der Waals surface area contributed by atoms with Crippen LogP contribution in [-0.2, 0) is 0 Å². The molecule has 1 atom stereocenters. The Labute approximate surface area is 94.9 Å². The van der Waals surface area contributed by atoms with Gasteiger partial charge < -0.3 is 10.4 Å². The molecular weight excluding hydrogens is 210 g/mol. The number of hydrogen-bond donors (Lipinski definition) is 2. The quantitative estimate of drug-likeness (QED) is 0.734. The Bertz CT molecular complexity index is 286. The van der Waals surface area contributed by atoms with E-state index in [-0.39, 0.29) is 6.10 Å². The lowest BCUT2D eigenvalue weighted by molar-refractivity contribution is 0.183. The van der Waals surface area contributed by atoms with Gasteiger partial charge in [-0.3, -0.25) is 0 Å². The van der Waals surface area contributed by atoms with E-state index >= 15 is 0 Å². The first-order valence-electron chi connectivity index (χ1n) is 5.35. The van der Waals surface area contributed by atoms with E-state index in [1.54, 1.807) is 0 Å². The molecule has 0 spiro atoms. The Morgan fingerprint density at radius 2 is 2.13 bits per heavy atom. The van der Waals surface area contributed by atoms with Gasteiger partial charge in [0.25, 0.3) is 0 Å². The number of aliphatic hydroxyl groups is 1. The van der Waals surface area contributed by atoms with Crippen molar-refractivity contribution in [3.05, 3.63) is 5.82 Å². The minimum absolute atomic E-state index is 0.215. The summed E-state index contributed by atoms with van der Waals surface area (Å²) in [4.78, 5) is 4.36. The van der Waals surface area contributed by atoms with Crippen molar-refractivity contribution in [1.29, 1.82) is 0 Å². The normalized spacial score (nSPS) is 13.1. The van der Waals surface area contributed by atoms with E-state index in [1.807, 2.05) is 6.92 Å². The summed E-state index contributed by atoms with van der Waals surface area (Å²) < 4.78 is 4.25. The molecule has 1 aromatic rings. The Balaban J connectivity index is 2.26. The maximum Gasteiger partial charge on any atom is 0.202 e. The monoisotopic (exact) mass is 229 g/mol. The predicted octanol–water partition coefficient (Wildman–Crippen LogP) is 2.23. The zero-order chi connectivity index (χ0) is 11.3. The van der Waals surface area contributed by atoms with E-state index < -0.39 is 0 Å². The molecule has 0 aliphatic carbocycles. The fraction of sp³-hybridized carbons (Fsp3) is 0.800. The van der Waals surface area contributed by atoms with Gasteiger partial charge in [0.1, 0.15) is 5.82 Å². The van der Waals surface area contributed by atoms with Gasteiger partial charge >= 0.3 is 0 Å². The van der Waals surface area contributed by atoms with E-state index in [9.17, 15) is 0 Å². The molecule has 0 fully saturated rings. The highest BCUT2D eigenvalue weighted by Gasteiger charge is 2.06. The summed E-state index contributed by atoms with van der Waals surface area (Å²) in [5.74, 6) is 1.28. The second-order valence-electron chi connectivity index (χ2n) is 4.03. The van der Waals surface area contributed by atoms with Crippen LogP contribution in [0.25, 0.3) is 0 Å². The van der Waals surface area contributed by atoms with Gasteiger partial charge in [-0.25, -0.2) is 4.98 Å². The maximum atomic E-state index is 9.07. The molecule has 86 valence electrons. The molecule has 0 aliphatic rings. The first-order valence-corrected chi connectivity index (χ1v) is 6.12. The molecule has 1 unspecified atom stereocenters. The third kappa shape index (κ3) is 4.57. The van der Waals surface area contributed by atoms with Crippen LogP contribution >= 0.6 is 11.5 Å².